The molecule has 8 heteroatoms. The second-order valence-electron chi connectivity index (χ2n) is 7.83. The van der Waals surface area contributed by atoms with E-state index in [4.69, 9.17) is 4.74 Å². The predicted octanol–water partition coefficient (Wildman–Crippen LogP) is 3.69. The van der Waals surface area contributed by atoms with E-state index in [0.717, 1.165) is 22.2 Å². The Bertz CT molecular complexity index is 858. The van der Waals surface area contributed by atoms with E-state index in [-0.39, 0.29) is 11.9 Å². The zero-order valence-corrected chi connectivity index (χ0v) is 16.0. The summed E-state index contributed by atoms with van der Waals surface area (Å²) < 4.78 is 44.7. The first kappa shape index (κ1) is 19.9. The van der Waals surface area contributed by atoms with Crippen LogP contribution in [0.3, 0.4) is 0 Å². The summed E-state index contributed by atoms with van der Waals surface area (Å²) in [5.74, 6) is -0.102. The highest BCUT2D eigenvalue weighted by molar-refractivity contribution is 5.88. The SMILES string of the molecule is O=C(N[C@@H]1CCCc2cn(CC(F)(F)F)nc21)C1(c2ccccc2)CCOCC1. The molecule has 0 bridgehead atoms. The number of hydrogen-bond donors (Lipinski definition) is 1. The molecule has 0 saturated carbocycles. The van der Waals surface area contributed by atoms with Crippen LogP contribution in [-0.4, -0.2) is 35.1 Å². The number of amides is 1. The maximum absolute atomic E-state index is 13.5. The molecule has 2 heterocycles. The van der Waals surface area contributed by atoms with Crippen LogP contribution in [0.15, 0.2) is 36.5 Å². The Hall–Kier alpha value is -2.35. The Labute approximate surface area is 167 Å². The van der Waals surface area contributed by atoms with Crippen LogP contribution < -0.4 is 5.32 Å². The number of nitrogens with zero attached hydrogens (tertiary/aromatic N) is 2. The van der Waals surface area contributed by atoms with Crippen molar-refractivity contribution in [3.8, 4) is 0 Å². The van der Waals surface area contributed by atoms with Crippen LogP contribution in [0, 0.1) is 0 Å². The number of aryl methyl sites for hydroxylation is 1. The third-order valence-electron chi connectivity index (χ3n) is 5.89. The highest BCUT2D eigenvalue weighted by Crippen LogP contribution is 2.37. The molecule has 0 unspecified atom stereocenters. The number of rotatable bonds is 4. The molecule has 156 valence electrons. The summed E-state index contributed by atoms with van der Waals surface area (Å²) in [6, 6.07) is 9.28. The van der Waals surface area contributed by atoms with Crippen molar-refractivity contribution in [2.24, 2.45) is 0 Å². The van der Waals surface area contributed by atoms with Gasteiger partial charge >= 0.3 is 6.18 Å². The van der Waals surface area contributed by atoms with Gasteiger partial charge in [0.05, 0.1) is 17.2 Å². The molecule has 1 aliphatic carbocycles. The fourth-order valence-electron chi connectivity index (χ4n) is 4.42. The standard InChI is InChI=1S/C21H24F3N3O2/c22-21(23,24)14-27-13-15-5-4-8-17(18(15)26-27)25-19(28)20(9-11-29-12-10-20)16-6-2-1-3-7-16/h1-3,6-7,13,17H,4-5,8-12,14H2,(H,25,28)/t17-/m1/s1. The van der Waals surface area contributed by atoms with E-state index in [1.165, 1.54) is 6.20 Å². The first-order valence-corrected chi connectivity index (χ1v) is 9.95. The number of fused-ring (bicyclic) bond motifs is 1. The molecule has 1 atom stereocenters. The molecule has 1 fully saturated rings. The lowest BCUT2D eigenvalue weighted by Gasteiger charge is -2.37. The van der Waals surface area contributed by atoms with Gasteiger partial charge in [0.1, 0.15) is 6.54 Å². The van der Waals surface area contributed by atoms with E-state index < -0.39 is 18.1 Å². The van der Waals surface area contributed by atoms with Crippen LogP contribution in [-0.2, 0) is 27.9 Å². The van der Waals surface area contributed by atoms with Crippen molar-refractivity contribution < 1.29 is 22.7 Å². The summed E-state index contributed by atoms with van der Waals surface area (Å²) >= 11 is 0. The quantitative estimate of drug-likeness (QED) is 0.841. The molecule has 1 aromatic carbocycles. The number of halogens is 3. The zero-order valence-electron chi connectivity index (χ0n) is 16.0. The number of hydrogen-bond acceptors (Lipinski definition) is 3. The summed E-state index contributed by atoms with van der Waals surface area (Å²) in [6.07, 6.45) is 0.433. The van der Waals surface area contributed by atoms with Gasteiger partial charge < -0.3 is 10.1 Å². The number of benzene rings is 1. The molecule has 1 saturated heterocycles. The lowest BCUT2D eigenvalue weighted by Crippen LogP contribution is -2.49. The highest BCUT2D eigenvalue weighted by Gasteiger charge is 2.43. The van der Waals surface area contributed by atoms with Gasteiger partial charge in [0, 0.05) is 19.4 Å². The molecule has 1 N–H and O–H groups in total. The first-order valence-electron chi connectivity index (χ1n) is 9.95. The molecule has 5 nitrogen and oxygen atoms in total. The van der Waals surface area contributed by atoms with E-state index in [0.29, 0.717) is 44.6 Å². The van der Waals surface area contributed by atoms with E-state index in [1.54, 1.807) is 0 Å². The maximum Gasteiger partial charge on any atom is 0.408 e. The van der Waals surface area contributed by atoms with Crippen molar-refractivity contribution in [1.82, 2.24) is 15.1 Å². The van der Waals surface area contributed by atoms with Gasteiger partial charge in [-0.3, -0.25) is 9.48 Å². The first-order chi connectivity index (χ1) is 13.9. The van der Waals surface area contributed by atoms with Gasteiger partial charge in [-0.2, -0.15) is 18.3 Å². The van der Waals surface area contributed by atoms with Gasteiger partial charge in [0.25, 0.3) is 0 Å². The van der Waals surface area contributed by atoms with Crippen molar-refractivity contribution in [1.29, 1.82) is 0 Å². The number of nitrogens with one attached hydrogen (secondary N) is 1. The van der Waals surface area contributed by atoms with Crippen LogP contribution in [0.4, 0.5) is 13.2 Å². The van der Waals surface area contributed by atoms with Crippen molar-refractivity contribution >= 4 is 5.91 Å². The van der Waals surface area contributed by atoms with Crippen LogP contribution in [0.25, 0.3) is 0 Å². The summed E-state index contributed by atoms with van der Waals surface area (Å²) in [5, 5.41) is 7.28. The summed E-state index contributed by atoms with van der Waals surface area (Å²) in [6.45, 7) is -0.122. The van der Waals surface area contributed by atoms with Gasteiger partial charge in [0.2, 0.25) is 5.91 Å². The Balaban J connectivity index is 1.58. The van der Waals surface area contributed by atoms with Crippen molar-refractivity contribution in [2.45, 2.75) is 56.3 Å². The van der Waals surface area contributed by atoms with Crippen LogP contribution in [0.1, 0.15) is 48.5 Å². The normalized spacial score (nSPS) is 21.4. The predicted molar refractivity (Wildman–Crippen MR) is 100 cm³/mol. The van der Waals surface area contributed by atoms with Crippen LogP contribution in [0.2, 0.25) is 0 Å². The third-order valence-corrected chi connectivity index (χ3v) is 5.89. The molecular weight excluding hydrogens is 383 g/mol. The van der Waals surface area contributed by atoms with Gasteiger partial charge in [-0.25, -0.2) is 0 Å². The zero-order chi connectivity index (χ0) is 20.5. The van der Waals surface area contributed by atoms with E-state index in [1.807, 2.05) is 30.3 Å². The summed E-state index contributed by atoms with van der Waals surface area (Å²) in [5.41, 5.74) is 1.60. The number of ether oxygens (including phenoxy) is 1. The average molecular weight is 407 g/mol. The van der Waals surface area contributed by atoms with Crippen molar-refractivity contribution in [3.05, 3.63) is 53.3 Å². The smallest absolute Gasteiger partial charge is 0.381 e. The minimum absolute atomic E-state index is 0.102. The van der Waals surface area contributed by atoms with Crippen LogP contribution >= 0.6 is 0 Å². The molecule has 0 spiro atoms. The molecule has 2 aliphatic rings. The molecular formula is C21H24F3N3O2. The second kappa shape index (κ2) is 7.82. The lowest BCUT2D eigenvalue weighted by molar-refractivity contribution is -0.142. The largest absolute Gasteiger partial charge is 0.408 e. The Morgan fingerprint density at radius 3 is 2.66 bits per heavy atom. The number of carbonyl (C=O) groups excluding carboxylic acids is 1. The van der Waals surface area contributed by atoms with E-state index in [9.17, 15) is 18.0 Å². The minimum atomic E-state index is -4.33. The Morgan fingerprint density at radius 2 is 1.97 bits per heavy atom. The van der Waals surface area contributed by atoms with Gasteiger partial charge in [-0.05, 0) is 43.2 Å². The Kier molecular flexibility index (Phi) is 5.38. The van der Waals surface area contributed by atoms with E-state index >= 15 is 0 Å². The Morgan fingerprint density at radius 1 is 1.24 bits per heavy atom. The molecule has 1 aromatic heterocycles. The second-order valence-corrected chi connectivity index (χ2v) is 7.83. The molecule has 4 rings (SSSR count). The summed E-state index contributed by atoms with van der Waals surface area (Å²) in [4.78, 5) is 13.5. The number of aromatic nitrogens is 2. The highest BCUT2D eigenvalue weighted by atomic mass is 19.4. The molecule has 1 amide bonds. The van der Waals surface area contributed by atoms with Gasteiger partial charge in [0.15, 0.2) is 0 Å². The number of carbonyl (C=O) groups is 1. The van der Waals surface area contributed by atoms with Crippen molar-refractivity contribution in [2.75, 3.05) is 13.2 Å². The molecule has 1 aliphatic heterocycles. The van der Waals surface area contributed by atoms with Crippen LogP contribution in [0.5, 0.6) is 0 Å². The topological polar surface area (TPSA) is 56.2 Å². The van der Waals surface area contributed by atoms with Crippen molar-refractivity contribution in [3.63, 3.8) is 0 Å². The van der Waals surface area contributed by atoms with Gasteiger partial charge in [-0.1, -0.05) is 30.3 Å². The average Bonchev–Trinajstić information content (AvgIpc) is 3.10. The third kappa shape index (κ3) is 4.17. The molecule has 0 radical (unpaired) electrons. The van der Waals surface area contributed by atoms with Gasteiger partial charge in [-0.15, -0.1) is 0 Å². The maximum atomic E-state index is 13.5. The number of alkyl halides is 3. The molecule has 2 aromatic rings. The minimum Gasteiger partial charge on any atom is -0.381 e. The lowest BCUT2D eigenvalue weighted by atomic mass is 9.73. The summed E-state index contributed by atoms with van der Waals surface area (Å²) in [7, 11) is 0. The fraction of sp³-hybridized carbons (Fsp3) is 0.524. The fourth-order valence-corrected chi connectivity index (χ4v) is 4.42. The molecule has 29 heavy (non-hydrogen) atoms. The van der Waals surface area contributed by atoms with E-state index in [2.05, 4.69) is 10.4 Å². The monoisotopic (exact) mass is 407 g/mol.